The summed E-state index contributed by atoms with van der Waals surface area (Å²) in [5.41, 5.74) is 5.18. The predicted octanol–water partition coefficient (Wildman–Crippen LogP) is 4.04. The molecular formula is C14H14O2S. The number of rotatable bonds is 2. The Morgan fingerprint density at radius 2 is 1.71 bits per heavy atom. The zero-order chi connectivity index (χ0) is 12.6. The second kappa shape index (κ2) is 4.34. The Balaban J connectivity index is 2.52. The third kappa shape index (κ3) is 2.24. The Labute approximate surface area is 105 Å². The van der Waals surface area contributed by atoms with Crippen molar-refractivity contribution in [3.63, 3.8) is 0 Å². The smallest absolute Gasteiger partial charge is 0.336 e. The van der Waals surface area contributed by atoms with Gasteiger partial charge in [-0.15, -0.1) is 11.3 Å². The number of hydrogen-bond donors (Lipinski definition) is 1. The summed E-state index contributed by atoms with van der Waals surface area (Å²) in [5, 5.41) is 10.6. The van der Waals surface area contributed by atoms with Gasteiger partial charge in [-0.25, -0.2) is 4.79 Å². The molecule has 0 aliphatic carbocycles. The molecule has 1 heterocycles. The van der Waals surface area contributed by atoms with E-state index in [4.69, 9.17) is 5.11 Å². The zero-order valence-corrected chi connectivity index (χ0v) is 10.9. The van der Waals surface area contributed by atoms with Crippen LogP contribution in [-0.4, -0.2) is 11.1 Å². The highest BCUT2D eigenvalue weighted by Crippen LogP contribution is 2.31. The van der Waals surface area contributed by atoms with Crippen molar-refractivity contribution < 1.29 is 9.90 Å². The molecule has 88 valence electrons. The molecule has 0 fully saturated rings. The Morgan fingerprint density at radius 1 is 1.06 bits per heavy atom. The van der Waals surface area contributed by atoms with E-state index in [1.54, 1.807) is 11.4 Å². The van der Waals surface area contributed by atoms with Crippen LogP contribution in [0.3, 0.4) is 0 Å². The van der Waals surface area contributed by atoms with Gasteiger partial charge in [0.2, 0.25) is 0 Å². The summed E-state index contributed by atoms with van der Waals surface area (Å²) in [6, 6.07) is 6.01. The molecule has 2 aromatic rings. The van der Waals surface area contributed by atoms with Crippen LogP contribution in [0.15, 0.2) is 23.6 Å². The Morgan fingerprint density at radius 3 is 2.29 bits per heavy atom. The number of carbonyl (C=O) groups is 1. The van der Waals surface area contributed by atoms with Gasteiger partial charge >= 0.3 is 5.97 Å². The molecule has 0 spiro atoms. The van der Waals surface area contributed by atoms with Crippen LogP contribution in [0.1, 0.15) is 27.0 Å². The monoisotopic (exact) mass is 246 g/mol. The molecule has 0 amide bonds. The minimum Gasteiger partial charge on any atom is -0.478 e. The zero-order valence-electron chi connectivity index (χ0n) is 10.1. The van der Waals surface area contributed by atoms with E-state index < -0.39 is 5.97 Å². The van der Waals surface area contributed by atoms with Gasteiger partial charge in [0.05, 0.1) is 5.56 Å². The molecule has 1 aromatic heterocycles. The van der Waals surface area contributed by atoms with Crippen LogP contribution in [0.5, 0.6) is 0 Å². The van der Waals surface area contributed by atoms with Crippen LogP contribution in [-0.2, 0) is 0 Å². The SMILES string of the molecule is Cc1cc(C)c(-c2cc(C(=O)O)cs2)cc1C. The largest absolute Gasteiger partial charge is 0.478 e. The lowest BCUT2D eigenvalue weighted by Gasteiger charge is -2.07. The Kier molecular flexibility index (Phi) is 3.03. The van der Waals surface area contributed by atoms with Gasteiger partial charge in [-0.05, 0) is 49.1 Å². The summed E-state index contributed by atoms with van der Waals surface area (Å²) < 4.78 is 0. The number of carboxylic acids is 1. The maximum atomic E-state index is 10.9. The molecule has 0 unspecified atom stereocenters. The average Bonchev–Trinajstić information content (AvgIpc) is 2.72. The van der Waals surface area contributed by atoms with Gasteiger partial charge < -0.3 is 5.11 Å². The molecule has 3 heteroatoms. The lowest BCUT2D eigenvalue weighted by atomic mass is 10.00. The van der Waals surface area contributed by atoms with Crippen molar-refractivity contribution in [1.82, 2.24) is 0 Å². The van der Waals surface area contributed by atoms with Crippen LogP contribution in [0.4, 0.5) is 0 Å². The molecule has 1 aromatic carbocycles. The highest BCUT2D eigenvalue weighted by Gasteiger charge is 2.10. The van der Waals surface area contributed by atoms with Gasteiger partial charge in [-0.3, -0.25) is 0 Å². The second-order valence-electron chi connectivity index (χ2n) is 4.26. The number of aryl methyl sites for hydroxylation is 3. The van der Waals surface area contributed by atoms with Crippen molar-refractivity contribution in [2.24, 2.45) is 0 Å². The summed E-state index contributed by atoms with van der Waals surface area (Å²) >= 11 is 1.48. The fourth-order valence-electron chi connectivity index (χ4n) is 1.82. The predicted molar refractivity (Wildman–Crippen MR) is 70.9 cm³/mol. The summed E-state index contributed by atoms with van der Waals surface area (Å²) in [5.74, 6) is -0.867. The van der Waals surface area contributed by atoms with Crippen molar-refractivity contribution in [3.8, 4) is 10.4 Å². The Bertz CT molecular complexity index is 582. The van der Waals surface area contributed by atoms with Gasteiger partial charge in [0.15, 0.2) is 0 Å². The van der Waals surface area contributed by atoms with Crippen molar-refractivity contribution in [2.45, 2.75) is 20.8 Å². The quantitative estimate of drug-likeness (QED) is 0.868. The number of aromatic carboxylic acids is 1. The molecule has 2 rings (SSSR count). The van der Waals surface area contributed by atoms with E-state index in [0.29, 0.717) is 5.56 Å². The maximum Gasteiger partial charge on any atom is 0.336 e. The van der Waals surface area contributed by atoms with Crippen molar-refractivity contribution in [1.29, 1.82) is 0 Å². The highest BCUT2D eigenvalue weighted by molar-refractivity contribution is 7.13. The number of carboxylic acid groups (broad SMARTS) is 1. The first kappa shape index (κ1) is 11.9. The van der Waals surface area contributed by atoms with E-state index in [1.807, 2.05) is 0 Å². The van der Waals surface area contributed by atoms with Gasteiger partial charge in [-0.2, -0.15) is 0 Å². The maximum absolute atomic E-state index is 10.9. The fraction of sp³-hybridized carbons (Fsp3) is 0.214. The Hall–Kier alpha value is -1.61. The first-order chi connectivity index (χ1) is 7.99. The third-order valence-corrected chi connectivity index (χ3v) is 3.92. The van der Waals surface area contributed by atoms with Crippen LogP contribution in [0.25, 0.3) is 10.4 Å². The second-order valence-corrected chi connectivity index (χ2v) is 5.17. The normalized spacial score (nSPS) is 10.5. The van der Waals surface area contributed by atoms with E-state index in [9.17, 15) is 4.79 Å². The molecule has 1 N–H and O–H groups in total. The first-order valence-electron chi connectivity index (χ1n) is 5.39. The van der Waals surface area contributed by atoms with E-state index >= 15 is 0 Å². The first-order valence-corrected chi connectivity index (χ1v) is 6.27. The number of benzene rings is 1. The van der Waals surface area contributed by atoms with Crippen LogP contribution in [0.2, 0.25) is 0 Å². The summed E-state index contributed by atoms with van der Waals surface area (Å²) in [6.07, 6.45) is 0. The van der Waals surface area contributed by atoms with Crippen molar-refractivity contribution in [2.75, 3.05) is 0 Å². The van der Waals surface area contributed by atoms with E-state index in [2.05, 4.69) is 32.9 Å². The van der Waals surface area contributed by atoms with Crippen LogP contribution < -0.4 is 0 Å². The molecule has 0 atom stereocenters. The minimum absolute atomic E-state index is 0.364. The number of hydrogen-bond acceptors (Lipinski definition) is 2. The van der Waals surface area contributed by atoms with Gasteiger partial charge in [0.1, 0.15) is 0 Å². The van der Waals surface area contributed by atoms with Crippen molar-refractivity contribution in [3.05, 3.63) is 45.8 Å². The molecule has 0 saturated heterocycles. The van der Waals surface area contributed by atoms with Crippen molar-refractivity contribution >= 4 is 17.3 Å². The van der Waals surface area contributed by atoms with Gasteiger partial charge in [0, 0.05) is 10.3 Å². The summed E-state index contributed by atoms with van der Waals surface area (Å²) in [4.78, 5) is 11.9. The highest BCUT2D eigenvalue weighted by atomic mass is 32.1. The van der Waals surface area contributed by atoms with E-state index in [0.717, 1.165) is 10.4 Å². The number of thiophene rings is 1. The molecule has 0 bridgehead atoms. The summed E-state index contributed by atoms with van der Waals surface area (Å²) in [7, 11) is 0. The summed E-state index contributed by atoms with van der Waals surface area (Å²) in [6.45, 7) is 6.22. The molecular weight excluding hydrogens is 232 g/mol. The van der Waals surface area contributed by atoms with Crippen LogP contribution >= 0.6 is 11.3 Å². The fourth-order valence-corrected chi connectivity index (χ4v) is 2.78. The topological polar surface area (TPSA) is 37.3 Å². The molecule has 0 radical (unpaired) electrons. The third-order valence-electron chi connectivity index (χ3n) is 2.95. The molecule has 2 nitrogen and oxygen atoms in total. The molecule has 0 aliphatic heterocycles. The van der Waals surface area contributed by atoms with E-state index in [-0.39, 0.29) is 0 Å². The standard InChI is InChI=1S/C14H14O2S/c1-8-4-10(3)12(5-9(8)2)13-6-11(7-17-13)14(15)16/h4-7H,1-3H3,(H,15,16). The van der Waals surface area contributed by atoms with Gasteiger partial charge in [0.25, 0.3) is 0 Å². The molecule has 0 saturated carbocycles. The lowest BCUT2D eigenvalue weighted by Crippen LogP contribution is -1.92. The molecule has 0 aliphatic rings. The van der Waals surface area contributed by atoms with E-state index in [1.165, 1.54) is 28.0 Å². The molecule has 17 heavy (non-hydrogen) atoms. The van der Waals surface area contributed by atoms with Crippen LogP contribution in [0, 0.1) is 20.8 Å². The average molecular weight is 246 g/mol. The van der Waals surface area contributed by atoms with Gasteiger partial charge in [-0.1, -0.05) is 12.1 Å². The minimum atomic E-state index is -0.867. The lowest BCUT2D eigenvalue weighted by molar-refractivity contribution is 0.0697.